The van der Waals surface area contributed by atoms with Gasteiger partial charge >= 0.3 is 0 Å². The molecule has 0 radical (unpaired) electrons. The molecule has 0 bridgehead atoms. The highest BCUT2D eigenvalue weighted by atomic mass is 32.2. The van der Waals surface area contributed by atoms with Crippen LogP contribution in [-0.2, 0) is 16.0 Å². The van der Waals surface area contributed by atoms with E-state index in [-0.39, 0.29) is 35.5 Å². The first-order valence-electron chi connectivity index (χ1n) is 15.0. The number of rotatable bonds is 12. The topological polar surface area (TPSA) is 144 Å². The largest absolute Gasteiger partial charge is 0.493 e. The second-order valence-corrected chi connectivity index (χ2v) is 12.0. The zero-order valence-corrected chi connectivity index (χ0v) is 27.4. The van der Waals surface area contributed by atoms with E-state index in [4.69, 9.17) is 14.2 Å². The number of H-pyrrole nitrogens is 1. The van der Waals surface area contributed by atoms with Crippen molar-refractivity contribution in [2.24, 2.45) is 0 Å². The minimum atomic E-state index is -0.432. The number of nitrogens with zero attached hydrogens (tertiary/aromatic N) is 1. The molecule has 5 rings (SSSR count). The number of anilines is 1. The lowest BCUT2D eigenvalue weighted by Crippen LogP contribution is -2.34. The fourth-order valence-corrected chi connectivity index (χ4v) is 6.40. The predicted molar refractivity (Wildman–Crippen MR) is 181 cm³/mol. The molecule has 46 heavy (non-hydrogen) atoms. The summed E-state index contributed by atoms with van der Waals surface area (Å²) in [7, 11) is 4.66. The van der Waals surface area contributed by atoms with Gasteiger partial charge in [-0.3, -0.25) is 14.4 Å². The molecular weight excluding hydrogens is 606 g/mol. The number of fused-ring (bicyclic) bond motifs is 4. The summed E-state index contributed by atoms with van der Waals surface area (Å²) in [5.74, 6) is 2.45. The Labute approximate surface area is 271 Å². The van der Waals surface area contributed by atoms with Crippen LogP contribution in [0.25, 0.3) is 22.2 Å². The first-order chi connectivity index (χ1) is 22.3. The van der Waals surface area contributed by atoms with Gasteiger partial charge in [0.2, 0.25) is 23.0 Å². The van der Waals surface area contributed by atoms with Crippen molar-refractivity contribution in [1.29, 1.82) is 0 Å². The molecule has 2 amide bonds. The quantitative estimate of drug-likeness (QED) is 0.171. The van der Waals surface area contributed by atoms with E-state index in [0.29, 0.717) is 53.5 Å². The maximum atomic E-state index is 13.6. The fraction of sp³-hybridized carbons (Fsp3) is 0.353. The van der Waals surface area contributed by atoms with Crippen LogP contribution in [0.2, 0.25) is 0 Å². The van der Waals surface area contributed by atoms with E-state index in [0.717, 1.165) is 27.9 Å². The van der Waals surface area contributed by atoms with Crippen LogP contribution in [0.3, 0.4) is 0 Å². The lowest BCUT2D eigenvalue weighted by atomic mass is 9.95. The standard InChI is InChI=1S/C34H39N5O6S/c1-19(40)36-23-12-10-20-16-29(43-2)32(44-3)33(45-4)31(20)21-11-13-26(28(41)17-22(21)23)35-18-30(42)37-27(14-15-46-5)34-38-24-8-6-7-9-25(24)39-34/h6-9,11,13,16-17,23,27H,10,12,14-15,18H2,1-5H3,(H,35,41)(H,36,40)(H,37,42)(H,38,39). The van der Waals surface area contributed by atoms with Crippen molar-refractivity contribution in [1.82, 2.24) is 20.6 Å². The number of aromatic nitrogens is 2. The third-order valence-electron chi connectivity index (χ3n) is 8.04. The molecule has 1 aromatic heterocycles. The molecule has 0 aliphatic heterocycles. The van der Waals surface area contributed by atoms with Crippen LogP contribution in [0.5, 0.6) is 17.2 Å². The van der Waals surface area contributed by atoms with Crippen molar-refractivity contribution in [2.75, 3.05) is 45.2 Å². The number of amides is 2. The van der Waals surface area contributed by atoms with Gasteiger partial charge in [0.1, 0.15) is 5.82 Å². The van der Waals surface area contributed by atoms with Gasteiger partial charge in [-0.05, 0) is 78.3 Å². The van der Waals surface area contributed by atoms with Crippen LogP contribution in [0.1, 0.15) is 48.8 Å². The molecular formula is C34H39N5O6S. The second kappa shape index (κ2) is 14.6. The maximum absolute atomic E-state index is 13.6. The van der Waals surface area contributed by atoms with Gasteiger partial charge in [0, 0.05) is 12.5 Å². The molecule has 3 aromatic carbocycles. The van der Waals surface area contributed by atoms with Crippen LogP contribution in [-0.4, -0.2) is 61.7 Å². The van der Waals surface area contributed by atoms with Crippen LogP contribution in [0, 0.1) is 0 Å². The number of aryl methyl sites for hydroxylation is 1. The summed E-state index contributed by atoms with van der Waals surface area (Å²) >= 11 is 1.69. The molecule has 0 fully saturated rings. The molecule has 4 N–H and O–H groups in total. The summed E-state index contributed by atoms with van der Waals surface area (Å²) in [4.78, 5) is 47.1. The van der Waals surface area contributed by atoms with Crippen molar-refractivity contribution in [2.45, 2.75) is 38.3 Å². The van der Waals surface area contributed by atoms with E-state index in [1.807, 2.05) is 42.7 Å². The summed E-state index contributed by atoms with van der Waals surface area (Å²) in [5.41, 5.74) is 4.70. The Morgan fingerprint density at radius 3 is 2.54 bits per heavy atom. The highest BCUT2D eigenvalue weighted by Crippen LogP contribution is 2.50. The van der Waals surface area contributed by atoms with E-state index >= 15 is 0 Å². The normalized spacial score (nSPS) is 14.3. The number of carbonyl (C=O) groups is 2. The van der Waals surface area contributed by atoms with Crippen molar-refractivity contribution in [3.05, 3.63) is 75.7 Å². The number of thioether (sulfide) groups is 1. The van der Waals surface area contributed by atoms with Crippen LogP contribution >= 0.6 is 11.8 Å². The van der Waals surface area contributed by atoms with Crippen molar-refractivity contribution in [3.63, 3.8) is 0 Å². The van der Waals surface area contributed by atoms with Gasteiger partial charge in [-0.2, -0.15) is 11.8 Å². The molecule has 12 heteroatoms. The Morgan fingerprint density at radius 2 is 1.85 bits per heavy atom. The number of hydrogen-bond donors (Lipinski definition) is 4. The molecule has 1 aliphatic rings. The average molecular weight is 646 g/mol. The molecule has 2 atom stereocenters. The first kappa shape index (κ1) is 32.7. The summed E-state index contributed by atoms with van der Waals surface area (Å²) in [5, 5.41) is 9.11. The van der Waals surface area contributed by atoms with E-state index < -0.39 is 6.04 Å². The molecule has 0 spiro atoms. The number of imidazole rings is 1. The summed E-state index contributed by atoms with van der Waals surface area (Å²) in [6, 6.07) is 13.9. The Bertz CT molecular complexity index is 1780. The van der Waals surface area contributed by atoms with Crippen molar-refractivity contribution < 1.29 is 23.8 Å². The zero-order valence-electron chi connectivity index (χ0n) is 26.6. The third-order valence-corrected chi connectivity index (χ3v) is 8.68. The van der Waals surface area contributed by atoms with Gasteiger partial charge in [0.05, 0.1) is 56.7 Å². The van der Waals surface area contributed by atoms with Gasteiger partial charge in [-0.15, -0.1) is 0 Å². The van der Waals surface area contributed by atoms with E-state index in [1.165, 1.54) is 20.1 Å². The van der Waals surface area contributed by atoms with Gasteiger partial charge < -0.3 is 35.1 Å². The van der Waals surface area contributed by atoms with Gasteiger partial charge in [0.25, 0.3) is 0 Å². The number of hydrogen-bond acceptors (Lipinski definition) is 9. The maximum Gasteiger partial charge on any atom is 0.239 e. The smallest absolute Gasteiger partial charge is 0.239 e. The number of para-hydroxylation sites is 2. The number of aromatic amines is 1. The first-order valence-corrected chi connectivity index (χ1v) is 16.4. The summed E-state index contributed by atoms with van der Waals surface area (Å²) in [6.07, 6.45) is 3.85. The second-order valence-electron chi connectivity index (χ2n) is 11.0. The lowest BCUT2D eigenvalue weighted by Gasteiger charge is -2.19. The monoisotopic (exact) mass is 645 g/mol. The fourth-order valence-electron chi connectivity index (χ4n) is 5.93. The Balaban J connectivity index is 1.47. The SMILES string of the molecule is COc1cc2c(c(OC)c1OC)-c1ccc(NCC(=O)NC(CCSC)c3nc4ccccc4[nH]3)c(=O)cc1C(NC(C)=O)CC2. The minimum absolute atomic E-state index is 0.125. The van der Waals surface area contributed by atoms with Crippen molar-refractivity contribution >= 4 is 40.3 Å². The average Bonchev–Trinajstić information content (AvgIpc) is 3.35. The molecule has 2 unspecified atom stereocenters. The van der Waals surface area contributed by atoms with E-state index in [2.05, 4.69) is 25.9 Å². The number of carbonyl (C=O) groups excluding carboxylic acids is 2. The number of benzene rings is 2. The van der Waals surface area contributed by atoms with Gasteiger partial charge in [-0.25, -0.2) is 4.98 Å². The van der Waals surface area contributed by atoms with Crippen LogP contribution in [0.4, 0.5) is 5.69 Å². The molecule has 4 aromatic rings. The number of ether oxygens (including phenoxy) is 3. The van der Waals surface area contributed by atoms with E-state index in [1.54, 1.807) is 32.0 Å². The summed E-state index contributed by atoms with van der Waals surface area (Å²) in [6.45, 7) is 1.33. The number of nitrogens with one attached hydrogen (secondary N) is 4. The summed E-state index contributed by atoms with van der Waals surface area (Å²) < 4.78 is 17.1. The van der Waals surface area contributed by atoms with Crippen molar-refractivity contribution in [3.8, 4) is 28.4 Å². The number of methoxy groups -OCH3 is 3. The Kier molecular flexibility index (Phi) is 10.4. The van der Waals surface area contributed by atoms with Crippen LogP contribution < -0.4 is 35.6 Å². The molecule has 0 saturated heterocycles. The lowest BCUT2D eigenvalue weighted by molar-refractivity contribution is -0.120. The highest BCUT2D eigenvalue weighted by Gasteiger charge is 2.29. The molecule has 1 aliphatic carbocycles. The Hall–Kier alpha value is -4.71. The minimum Gasteiger partial charge on any atom is -0.493 e. The molecule has 11 nitrogen and oxygen atoms in total. The molecule has 0 saturated carbocycles. The zero-order chi connectivity index (χ0) is 32.8. The van der Waals surface area contributed by atoms with Gasteiger partial charge in [0.15, 0.2) is 11.5 Å². The molecule has 242 valence electrons. The Morgan fingerprint density at radius 1 is 1.07 bits per heavy atom. The third kappa shape index (κ3) is 6.91. The highest BCUT2D eigenvalue weighted by molar-refractivity contribution is 7.98. The predicted octanol–water partition coefficient (Wildman–Crippen LogP) is 4.76. The van der Waals surface area contributed by atoms with Gasteiger partial charge in [-0.1, -0.05) is 18.2 Å². The molecule has 1 heterocycles. The van der Waals surface area contributed by atoms with E-state index in [9.17, 15) is 14.4 Å². The van der Waals surface area contributed by atoms with Crippen LogP contribution in [0.15, 0.2) is 53.3 Å².